The van der Waals surface area contributed by atoms with Gasteiger partial charge < -0.3 is 5.11 Å². The Hall–Kier alpha value is -0.890. The van der Waals surface area contributed by atoms with Gasteiger partial charge in [-0.3, -0.25) is 4.79 Å². The van der Waals surface area contributed by atoms with Gasteiger partial charge in [-0.25, -0.2) is 0 Å². The third-order valence-corrected chi connectivity index (χ3v) is 6.01. The Kier molecular flexibility index (Phi) is 5.01. The van der Waals surface area contributed by atoms with Crippen molar-refractivity contribution in [1.29, 1.82) is 0 Å². The molecule has 0 bridgehead atoms. The minimum atomic E-state index is -0.709. The molecule has 0 saturated heterocycles. The number of fused-ring (bicyclic) bond motifs is 1. The van der Waals surface area contributed by atoms with Crippen molar-refractivity contribution in [2.45, 2.75) is 78.7 Å². The summed E-state index contributed by atoms with van der Waals surface area (Å²) < 4.78 is 0. The lowest BCUT2D eigenvalue weighted by atomic mass is 9.68. The Balaban J connectivity index is 2.39. The molecule has 1 N–H and O–H groups in total. The molecular formula is C20H32O2. The summed E-state index contributed by atoms with van der Waals surface area (Å²) in [6, 6.07) is 0. The Bertz CT molecular complexity index is 492. The van der Waals surface area contributed by atoms with E-state index in [2.05, 4.69) is 26.8 Å². The third-order valence-electron chi connectivity index (χ3n) is 6.01. The van der Waals surface area contributed by atoms with Gasteiger partial charge in [0.2, 0.25) is 0 Å². The number of hydrogen-bond donors (Lipinski definition) is 1. The molecule has 0 unspecified atom stereocenters. The van der Waals surface area contributed by atoms with Crippen molar-refractivity contribution in [2.75, 3.05) is 0 Å². The van der Waals surface area contributed by atoms with E-state index in [1.165, 1.54) is 11.1 Å². The van der Waals surface area contributed by atoms with E-state index in [1.54, 1.807) is 0 Å². The molecule has 0 aromatic carbocycles. The first kappa shape index (κ1) is 17.5. The fourth-order valence-corrected chi connectivity index (χ4v) is 4.45. The molecule has 0 aromatic heterocycles. The first-order valence-electron chi connectivity index (χ1n) is 8.74. The predicted molar refractivity (Wildman–Crippen MR) is 91.6 cm³/mol. The number of rotatable bonds is 1. The van der Waals surface area contributed by atoms with Gasteiger partial charge in [0.05, 0.1) is 5.60 Å². The number of carbonyl (C=O) groups is 1. The highest BCUT2D eigenvalue weighted by molar-refractivity contribution is 5.95. The van der Waals surface area contributed by atoms with Crippen molar-refractivity contribution in [3.8, 4) is 0 Å². The maximum atomic E-state index is 12.9. The molecule has 2 aliphatic carbocycles. The van der Waals surface area contributed by atoms with Crippen LogP contribution in [0.2, 0.25) is 0 Å². The van der Waals surface area contributed by atoms with Crippen molar-refractivity contribution >= 4 is 5.78 Å². The summed E-state index contributed by atoms with van der Waals surface area (Å²) in [5.41, 5.74) is 1.59. The van der Waals surface area contributed by atoms with E-state index < -0.39 is 5.60 Å². The molecule has 0 radical (unpaired) electrons. The number of ketones is 1. The topological polar surface area (TPSA) is 37.3 Å². The van der Waals surface area contributed by atoms with Crippen LogP contribution in [-0.2, 0) is 4.79 Å². The van der Waals surface area contributed by atoms with Gasteiger partial charge in [-0.2, -0.15) is 0 Å². The van der Waals surface area contributed by atoms with Crippen LogP contribution in [0.4, 0.5) is 0 Å². The van der Waals surface area contributed by atoms with Gasteiger partial charge in [-0.1, -0.05) is 24.1 Å². The third kappa shape index (κ3) is 3.53. The molecule has 0 aromatic rings. The summed E-state index contributed by atoms with van der Waals surface area (Å²) in [6.45, 7) is 10.2. The summed E-state index contributed by atoms with van der Waals surface area (Å²) in [5, 5.41) is 10.6. The molecule has 2 heteroatoms. The van der Waals surface area contributed by atoms with Crippen molar-refractivity contribution in [3.05, 3.63) is 23.3 Å². The SMILES string of the molecule is C/C1=C/C(=O)[C@@]2(C)CC[C@@H](C(C)(C)O)[C@@H]2CC/C(C)=C\CC1. The highest BCUT2D eigenvalue weighted by Gasteiger charge is 2.52. The molecule has 2 aliphatic rings. The maximum absolute atomic E-state index is 12.9. The Morgan fingerprint density at radius 1 is 1.18 bits per heavy atom. The van der Waals surface area contributed by atoms with Crippen LogP contribution in [0.25, 0.3) is 0 Å². The Labute approximate surface area is 135 Å². The largest absolute Gasteiger partial charge is 0.390 e. The van der Waals surface area contributed by atoms with Gasteiger partial charge in [0.15, 0.2) is 5.78 Å². The molecule has 0 amide bonds. The van der Waals surface area contributed by atoms with E-state index in [-0.39, 0.29) is 23.0 Å². The highest BCUT2D eigenvalue weighted by Crippen LogP contribution is 2.53. The highest BCUT2D eigenvalue weighted by atomic mass is 16.3. The molecule has 22 heavy (non-hydrogen) atoms. The smallest absolute Gasteiger partial charge is 0.161 e. The van der Waals surface area contributed by atoms with Crippen molar-refractivity contribution in [1.82, 2.24) is 0 Å². The molecule has 124 valence electrons. The normalized spacial score (nSPS) is 39.3. The first-order valence-corrected chi connectivity index (χ1v) is 8.74. The molecule has 1 saturated carbocycles. The lowest BCUT2D eigenvalue weighted by Gasteiger charge is -2.37. The zero-order valence-electron chi connectivity index (χ0n) is 14.9. The fraction of sp³-hybridized carbons (Fsp3) is 0.750. The van der Waals surface area contributed by atoms with Crippen LogP contribution >= 0.6 is 0 Å². The average molecular weight is 304 g/mol. The molecule has 0 spiro atoms. The van der Waals surface area contributed by atoms with Crippen molar-refractivity contribution < 1.29 is 9.90 Å². The van der Waals surface area contributed by atoms with Gasteiger partial charge in [0.1, 0.15) is 0 Å². The van der Waals surface area contributed by atoms with Gasteiger partial charge >= 0.3 is 0 Å². The zero-order chi connectivity index (χ0) is 16.5. The van der Waals surface area contributed by atoms with Crippen molar-refractivity contribution in [3.63, 3.8) is 0 Å². The van der Waals surface area contributed by atoms with Crippen molar-refractivity contribution in [2.24, 2.45) is 17.3 Å². The van der Waals surface area contributed by atoms with E-state index in [9.17, 15) is 9.90 Å². The average Bonchev–Trinajstić information content (AvgIpc) is 2.73. The molecule has 0 heterocycles. The predicted octanol–water partition coefficient (Wildman–Crippen LogP) is 4.83. The monoisotopic (exact) mass is 304 g/mol. The lowest BCUT2D eigenvalue weighted by molar-refractivity contribution is -0.126. The molecule has 1 fully saturated rings. The zero-order valence-corrected chi connectivity index (χ0v) is 14.9. The van der Waals surface area contributed by atoms with E-state index in [1.807, 2.05) is 19.9 Å². The maximum Gasteiger partial charge on any atom is 0.161 e. The summed E-state index contributed by atoms with van der Waals surface area (Å²) in [7, 11) is 0. The lowest BCUT2D eigenvalue weighted by Crippen LogP contribution is -2.40. The van der Waals surface area contributed by atoms with Gasteiger partial charge in [0.25, 0.3) is 0 Å². The molecule has 3 atom stereocenters. The van der Waals surface area contributed by atoms with Crippen LogP contribution in [0, 0.1) is 17.3 Å². The number of hydrogen-bond acceptors (Lipinski definition) is 2. The number of allylic oxidation sites excluding steroid dienone is 4. The quantitative estimate of drug-likeness (QED) is 0.705. The van der Waals surface area contributed by atoms with Crippen LogP contribution in [0.1, 0.15) is 73.1 Å². The van der Waals surface area contributed by atoms with Crippen LogP contribution in [0.3, 0.4) is 0 Å². The molecule has 0 aliphatic heterocycles. The summed E-state index contributed by atoms with van der Waals surface area (Å²) in [5.74, 6) is 0.760. The van der Waals surface area contributed by atoms with Crippen LogP contribution in [-0.4, -0.2) is 16.5 Å². The van der Waals surface area contributed by atoms with Gasteiger partial charge in [-0.15, -0.1) is 0 Å². The van der Waals surface area contributed by atoms with Crippen LogP contribution < -0.4 is 0 Å². The van der Waals surface area contributed by atoms with Gasteiger partial charge in [-0.05, 0) is 84.1 Å². The number of carbonyl (C=O) groups excluding carboxylic acids is 1. The second kappa shape index (κ2) is 6.31. The van der Waals surface area contributed by atoms with Crippen LogP contribution in [0.5, 0.6) is 0 Å². The summed E-state index contributed by atoms with van der Waals surface area (Å²) in [6.07, 6.45) is 10.1. The molecule has 2 rings (SSSR count). The first-order chi connectivity index (χ1) is 10.1. The molecule has 2 nitrogen and oxygen atoms in total. The second-order valence-corrected chi connectivity index (χ2v) is 8.31. The van der Waals surface area contributed by atoms with E-state index in [4.69, 9.17) is 0 Å². The Morgan fingerprint density at radius 2 is 1.86 bits per heavy atom. The summed E-state index contributed by atoms with van der Waals surface area (Å²) >= 11 is 0. The van der Waals surface area contributed by atoms with E-state index in [0.717, 1.165) is 38.5 Å². The Morgan fingerprint density at radius 3 is 2.50 bits per heavy atom. The fourth-order valence-electron chi connectivity index (χ4n) is 4.45. The van der Waals surface area contributed by atoms with Crippen LogP contribution in [0.15, 0.2) is 23.3 Å². The molecular weight excluding hydrogens is 272 g/mol. The minimum Gasteiger partial charge on any atom is -0.390 e. The summed E-state index contributed by atoms with van der Waals surface area (Å²) in [4.78, 5) is 12.9. The minimum absolute atomic E-state index is 0.212. The van der Waals surface area contributed by atoms with Gasteiger partial charge in [0, 0.05) is 5.41 Å². The van der Waals surface area contributed by atoms with E-state index in [0.29, 0.717) is 0 Å². The number of aliphatic hydroxyl groups is 1. The standard InChI is InChI=1S/C20H32O2/c1-14-7-6-8-15(2)13-18(21)20(5)12-11-16(19(3,4)22)17(20)10-9-14/h7,13,16-17,22H,6,8-12H2,1-5H3/b14-7-,15-13-/t16-,17+,20+/m1/s1. The van der Waals surface area contributed by atoms with E-state index >= 15 is 0 Å². The second-order valence-electron chi connectivity index (χ2n) is 8.31.